The highest BCUT2D eigenvalue weighted by molar-refractivity contribution is 5.89. The van der Waals surface area contributed by atoms with E-state index in [9.17, 15) is 14.0 Å². The molecule has 1 unspecified atom stereocenters. The van der Waals surface area contributed by atoms with Crippen molar-refractivity contribution in [1.82, 2.24) is 14.5 Å². The fraction of sp³-hybridized carbons (Fsp3) is 0.348. The molecule has 0 radical (unpaired) electrons. The van der Waals surface area contributed by atoms with E-state index in [4.69, 9.17) is 4.98 Å². The molecule has 6 nitrogen and oxygen atoms in total. The van der Waals surface area contributed by atoms with Crippen LogP contribution in [-0.2, 0) is 6.54 Å². The number of halogens is 1. The van der Waals surface area contributed by atoms with Crippen LogP contribution in [0.15, 0.2) is 53.3 Å². The summed E-state index contributed by atoms with van der Waals surface area (Å²) >= 11 is 0. The molecule has 0 bridgehead atoms. The molecule has 0 spiro atoms. The Kier molecular flexibility index (Phi) is 6.82. The molecule has 30 heavy (non-hydrogen) atoms. The van der Waals surface area contributed by atoms with E-state index in [1.807, 2.05) is 32.9 Å². The number of aromatic nitrogens is 2. The summed E-state index contributed by atoms with van der Waals surface area (Å²) in [5.74, 6) is 0.0178. The highest BCUT2D eigenvalue weighted by Gasteiger charge is 2.26. The average molecular weight is 410 g/mol. The number of para-hydroxylation sites is 2. The Morgan fingerprint density at radius 2 is 1.87 bits per heavy atom. The summed E-state index contributed by atoms with van der Waals surface area (Å²) in [5, 5.41) is 3.20. The van der Waals surface area contributed by atoms with Gasteiger partial charge in [0, 0.05) is 13.1 Å². The third-order valence-corrected chi connectivity index (χ3v) is 5.18. The average Bonchev–Trinajstić information content (AvgIpc) is 2.75. The number of fused-ring (bicyclic) bond motifs is 1. The molecule has 1 N–H and O–H groups in total. The molecule has 2 amide bonds. The molecule has 158 valence electrons. The molecule has 0 aliphatic rings. The largest absolute Gasteiger partial charge is 0.322 e. The first-order chi connectivity index (χ1) is 14.5. The Hall–Kier alpha value is -3.22. The van der Waals surface area contributed by atoms with Gasteiger partial charge in [-0.25, -0.2) is 14.2 Å². The van der Waals surface area contributed by atoms with E-state index in [0.717, 1.165) is 12.8 Å². The maximum absolute atomic E-state index is 14.0. The van der Waals surface area contributed by atoms with E-state index < -0.39 is 17.9 Å². The van der Waals surface area contributed by atoms with Crippen molar-refractivity contribution in [3.63, 3.8) is 0 Å². The minimum Gasteiger partial charge on any atom is -0.315 e. The topological polar surface area (TPSA) is 67.2 Å². The molecule has 1 heterocycles. The lowest BCUT2D eigenvalue weighted by molar-refractivity contribution is 0.187. The first-order valence-electron chi connectivity index (χ1n) is 10.3. The van der Waals surface area contributed by atoms with Crippen LogP contribution >= 0.6 is 0 Å². The predicted octanol–water partition coefficient (Wildman–Crippen LogP) is 4.95. The second-order valence-electron chi connectivity index (χ2n) is 7.17. The Labute approximate surface area is 175 Å². The van der Waals surface area contributed by atoms with E-state index >= 15 is 0 Å². The summed E-state index contributed by atoms with van der Waals surface area (Å²) in [7, 11) is 0. The summed E-state index contributed by atoms with van der Waals surface area (Å²) < 4.78 is 15.6. The Balaban J connectivity index is 2.01. The first kappa shape index (κ1) is 21.5. The number of nitrogens with one attached hydrogen (secondary N) is 1. The van der Waals surface area contributed by atoms with E-state index in [2.05, 4.69) is 5.32 Å². The van der Waals surface area contributed by atoms with Gasteiger partial charge in [0.15, 0.2) is 0 Å². The van der Waals surface area contributed by atoms with Crippen molar-refractivity contribution in [3.05, 3.63) is 70.5 Å². The van der Waals surface area contributed by atoms with Crippen LogP contribution in [0.4, 0.5) is 14.9 Å². The number of benzene rings is 2. The van der Waals surface area contributed by atoms with Crippen LogP contribution < -0.4 is 10.9 Å². The lowest BCUT2D eigenvalue weighted by Crippen LogP contribution is -2.40. The third kappa shape index (κ3) is 4.35. The second-order valence-corrected chi connectivity index (χ2v) is 7.17. The highest BCUT2D eigenvalue weighted by Crippen LogP contribution is 2.22. The second kappa shape index (κ2) is 9.52. The summed E-state index contributed by atoms with van der Waals surface area (Å²) in [6.45, 7) is 6.66. The van der Waals surface area contributed by atoms with Gasteiger partial charge in [-0.05, 0) is 44.5 Å². The van der Waals surface area contributed by atoms with Gasteiger partial charge in [-0.3, -0.25) is 9.36 Å². The van der Waals surface area contributed by atoms with Crippen molar-refractivity contribution in [2.75, 3.05) is 11.9 Å². The number of carbonyl (C=O) groups is 1. The number of urea groups is 1. The summed E-state index contributed by atoms with van der Waals surface area (Å²) in [6.07, 6.45) is 1.67. The van der Waals surface area contributed by atoms with Gasteiger partial charge in [0.1, 0.15) is 11.6 Å². The Bertz CT molecular complexity index is 1100. The van der Waals surface area contributed by atoms with Crippen LogP contribution in [0.3, 0.4) is 0 Å². The van der Waals surface area contributed by atoms with Gasteiger partial charge in [-0.15, -0.1) is 0 Å². The standard InChI is InChI=1S/C23H27FN4O2/c1-4-6-15-28(23(30)26-20-14-10-8-12-18(20)24)16(3)21-25-19-13-9-7-11-17(19)22(29)27(21)5-2/h7-14,16H,4-6,15H2,1-3H3,(H,26,30). The van der Waals surface area contributed by atoms with Gasteiger partial charge in [0.05, 0.1) is 22.6 Å². The first-order valence-corrected chi connectivity index (χ1v) is 10.3. The molecule has 0 saturated carbocycles. The normalized spacial score (nSPS) is 12.0. The third-order valence-electron chi connectivity index (χ3n) is 5.18. The lowest BCUT2D eigenvalue weighted by Gasteiger charge is -2.30. The van der Waals surface area contributed by atoms with E-state index in [-0.39, 0.29) is 11.2 Å². The Morgan fingerprint density at radius 3 is 2.57 bits per heavy atom. The van der Waals surface area contributed by atoms with Crippen LogP contribution in [0.5, 0.6) is 0 Å². The number of carbonyl (C=O) groups excluding carboxylic acids is 1. The fourth-order valence-electron chi connectivity index (χ4n) is 3.50. The fourth-order valence-corrected chi connectivity index (χ4v) is 3.50. The molecule has 0 aliphatic carbocycles. The molecular formula is C23H27FN4O2. The monoisotopic (exact) mass is 410 g/mol. The lowest BCUT2D eigenvalue weighted by atomic mass is 10.2. The van der Waals surface area contributed by atoms with Crippen LogP contribution in [0.2, 0.25) is 0 Å². The zero-order valence-corrected chi connectivity index (χ0v) is 17.6. The molecular weight excluding hydrogens is 383 g/mol. The number of hydrogen-bond donors (Lipinski definition) is 1. The Morgan fingerprint density at radius 1 is 1.17 bits per heavy atom. The zero-order valence-electron chi connectivity index (χ0n) is 17.6. The molecule has 1 atom stereocenters. The number of nitrogens with zero attached hydrogens (tertiary/aromatic N) is 3. The van der Waals surface area contributed by atoms with Crippen molar-refractivity contribution < 1.29 is 9.18 Å². The molecule has 1 aromatic heterocycles. The zero-order chi connectivity index (χ0) is 21.7. The number of hydrogen-bond acceptors (Lipinski definition) is 3. The van der Waals surface area contributed by atoms with Gasteiger partial charge in [-0.2, -0.15) is 0 Å². The SMILES string of the molecule is CCCCN(C(=O)Nc1ccccc1F)C(C)c1nc2ccccc2c(=O)n1CC. The van der Waals surface area contributed by atoms with Crippen molar-refractivity contribution in [2.45, 2.75) is 46.2 Å². The van der Waals surface area contributed by atoms with Gasteiger partial charge in [0.25, 0.3) is 5.56 Å². The number of unbranched alkanes of at least 4 members (excludes halogenated alkanes) is 1. The smallest absolute Gasteiger partial charge is 0.315 e. The van der Waals surface area contributed by atoms with Gasteiger partial charge < -0.3 is 10.2 Å². The van der Waals surface area contributed by atoms with E-state index in [0.29, 0.717) is 29.8 Å². The van der Waals surface area contributed by atoms with Crippen molar-refractivity contribution in [1.29, 1.82) is 0 Å². The van der Waals surface area contributed by atoms with Crippen molar-refractivity contribution in [2.24, 2.45) is 0 Å². The number of anilines is 1. The maximum Gasteiger partial charge on any atom is 0.322 e. The summed E-state index contributed by atoms with van der Waals surface area (Å²) in [4.78, 5) is 32.4. The van der Waals surface area contributed by atoms with Gasteiger partial charge in [-0.1, -0.05) is 37.6 Å². The van der Waals surface area contributed by atoms with Crippen LogP contribution in [0.1, 0.15) is 45.5 Å². The van der Waals surface area contributed by atoms with Crippen LogP contribution in [0, 0.1) is 5.82 Å². The molecule has 3 rings (SSSR count). The maximum atomic E-state index is 14.0. The molecule has 0 aliphatic heterocycles. The summed E-state index contributed by atoms with van der Waals surface area (Å²) in [5.41, 5.74) is 0.587. The number of rotatable bonds is 7. The van der Waals surface area contributed by atoms with Crippen molar-refractivity contribution >= 4 is 22.6 Å². The van der Waals surface area contributed by atoms with E-state index in [1.54, 1.807) is 33.7 Å². The highest BCUT2D eigenvalue weighted by atomic mass is 19.1. The van der Waals surface area contributed by atoms with Crippen LogP contribution in [-0.4, -0.2) is 27.0 Å². The van der Waals surface area contributed by atoms with Gasteiger partial charge in [0.2, 0.25) is 0 Å². The molecule has 0 saturated heterocycles. The van der Waals surface area contributed by atoms with Crippen molar-refractivity contribution in [3.8, 4) is 0 Å². The minimum absolute atomic E-state index is 0.121. The minimum atomic E-state index is -0.497. The quantitative estimate of drug-likeness (QED) is 0.599. The molecule has 3 aromatic rings. The predicted molar refractivity (Wildman–Crippen MR) is 117 cm³/mol. The number of amides is 2. The van der Waals surface area contributed by atoms with E-state index in [1.165, 1.54) is 12.1 Å². The van der Waals surface area contributed by atoms with Gasteiger partial charge >= 0.3 is 6.03 Å². The molecule has 7 heteroatoms. The molecule has 2 aromatic carbocycles. The van der Waals surface area contributed by atoms with Crippen LogP contribution in [0.25, 0.3) is 10.9 Å². The summed E-state index contributed by atoms with van der Waals surface area (Å²) in [6, 6.07) is 12.4. The molecule has 0 fully saturated rings.